The first-order chi connectivity index (χ1) is 29.1. The molecule has 0 aromatic carbocycles. The van der Waals surface area contributed by atoms with Crippen molar-refractivity contribution >= 4 is 5.97 Å². The number of hydrogen-bond acceptors (Lipinski definition) is 14. The molecule has 0 aliphatic carbocycles. The van der Waals surface area contributed by atoms with Gasteiger partial charge in [-0.1, -0.05) is 168 Å². The Morgan fingerprint density at radius 3 is 1.35 bits per heavy atom. The molecule has 2 fully saturated rings. The van der Waals surface area contributed by atoms with E-state index in [0.29, 0.717) is 13.0 Å². The van der Waals surface area contributed by atoms with Crippen LogP contribution in [0, 0.1) is 0 Å². The maximum atomic E-state index is 12.7. The summed E-state index contributed by atoms with van der Waals surface area (Å²) in [7, 11) is 0. The van der Waals surface area contributed by atoms with Gasteiger partial charge in [0.2, 0.25) is 0 Å². The van der Waals surface area contributed by atoms with Gasteiger partial charge in [-0.05, 0) is 12.8 Å². The predicted molar refractivity (Wildman–Crippen MR) is 229 cm³/mol. The summed E-state index contributed by atoms with van der Waals surface area (Å²) < 4.78 is 34.0. The fourth-order valence-corrected chi connectivity index (χ4v) is 7.87. The summed E-state index contributed by atoms with van der Waals surface area (Å²) in [6.07, 6.45) is 16.6. The summed E-state index contributed by atoms with van der Waals surface area (Å²) in [6.45, 7) is 3.62. The molecule has 0 spiro atoms. The molecular formula is C46H88O14. The molecule has 7 N–H and O–H groups in total. The maximum Gasteiger partial charge on any atom is 0.306 e. The van der Waals surface area contributed by atoms with Gasteiger partial charge in [-0.15, -0.1) is 0 Å². The van der Waals surface area contributed by atoms with E-state index in [-0.39, 0.29) is 25.6 Å². The first kappa shape index (κ1) is 55.1. The predicted octanol–water partition coefficient (Wildman–Crippen LogP) is 6.13. The minimum atomic E-state index is -1.70. The van der Waals surface area contributed by atoms with Gasteiger partial charge >= 0.3 is 5.97 Å². The van der Waals surface area contributed by atoms with E-state index in [9.17, 15) is 40.5 Å². The standard InChI is InChI=1S/C46H88O14/c1-3-5-7-9-10-11-12-13-14-15-16-17-18-19-20-21-22-23-24-26-28-30-55-32-35(58-38(48)29-27-25-8-6-4-2)33-56-45-44(54)42(52)40(50)37(60-45)34-57-46-43(53)41(51)39(49)36(31-47)59-46/h35-37,39-47,49-54H,3-34H2,1-2H3. The summed E-state index contributed by atoms with van der Waals surface area (Å²) in [5, 5.41) is 71.7. The van der Waals surface area contributed by atoms with E-state index in [0.717, 1.165) is 44.9 Å². The number of aliphatic hydroxyl groups excluding tert-OH is 7. The number of ether oxygens (including phenoxy) is 6. The number of carbonyl (C=O) groups is 1. The third-order valence-corrected chi connectivity index (χ3v) is 11.9. The summed E-state index contributed by atoms with van der Waals surface area (Å²) in [6, 6.07) is 0. The van der Waals surface area contributed by atoms with E-state index < -0.39 is 80.7 Å². The molecule has 0 aromatic rings. The van der Waals surface area contributed by atoms with Crippen molar-refractivity contribution in [3.05, 3.63) is 0 Å². The monoisotopic (exact) mass is 865 g/mol. The Hall–Kier alpha value is -1.01. The van der Waals surface area contributed by atoms with Crippen LogP contribution in [-0.4, -0.2) is 142 Å². The van der Waals surface area contributed by atoms with E-state index >= 15 is 0 Å². The van der Waals surface area contributed by atoms with Crippen molar-refractivity contribution in [3.63, 3.8) is 0 Å². The Morgan fingerprint density at radius 1 is 0.483 bits per heavy atom. The van der Waals surface area contributed by atoms with Crippen LogP contribution in [0.3, 0.4) is 0 Å². The van der Waals surface area contributed by atoms with Crippen molar-refractivity contribution in [2.75, 3.05) is 33.0 Å². The largest absolute Gasteiger partial charge is 0.457 e. The summed E-state index contributed by atoms with van der Waals surface area (Å²) in [5.74, 6) is -0.385. The third kappa shape index (κ3) is 23.6. The number of rotatable bonds is 38. The van der Waals surface area contributed by atoms with Gasteiger partial charge in [0, 0.05) is 13.0 Å². The van der Waals surface area contributed by atoms with Crippen LogP contribution < -0.4 is 0 Å². The van der Waals surface area contributed by atoms with Crippen LogP contribution in [0.4, 0.5) is 0 Å². The second-order valence-corrected chi connectivity index (χ2v) is 17.3. The highest BCUT2D eigenvalue weighted by Gasteiger charge is 2.47. The van der Waals surface area contributed by atoms with Gasteiger partial charge in [-0.25, -0.2) is 0 Å². The molecule has 60 heavy (non-hydrogen) atoms. The van der Waals surface area contributed by atoms with Gasteiger partial charge < -0.3 is 64.2 Å². The fraction of sp³-hybridized carbons (Fsp3) is 0.978. The number of unbranched alkanes of at least 4 members (excludes halogenated alkanes) is 24. The molecule has 0 amide bonds. The first-order valence-corrected chi connectivity index (χ1v) is 24.1. The smallest absolute Gasteiger partial charge is 0.306 e. The van der Waals surface area contributed by atoms with Crippen molar-refractivity contribution in [2.24, 2.45) is 0 Å². The molecule has 0 aromatic heterocycles. The van der Waals surface area contributed by atoms with Crippen LogP contribution in [0.15, 0.2) is 0 Å². The number of esters is 1. The molecule has 2 saturated heterocycles. The average Bonchev–Trinajstić information content (AvgIpc) is 3.24. The molecule has 0 radical (unpaired) electrons. The van der Waals surface area contributed by atoms with E-state index in [1.165, 1.54) is 116 Å². The van der Waals surface area contributed by atoms with E-state index in [1.54, 1.807) is 0 Å². The van der Waals surface area contributed by atoms with Gasteiger partial charge in [0.15, 0.2) is 12.6 Å². The Balaban J connectivity index is 1.66. The lowest BCUT2D eigenvalue weighted by Gasteiger charge is -2.42. The molecule has 0 saturated carbocycles. The van der Waals surface area contributed by atoms with Gasteiger partial charge in [0.25, 0.3) is 0 Å². The zero-order valence-electron chi connectivity index (χ0n) is 37.5. The van der Waals surface area contributed by atoms with Crippen LogP contribution >= 0.6 is 0 Å². The summed E-state index contributed by atoms with van der Waals surface area (Å²) >= 11 is 0. The molecular weight excluding hydrogens is 776 g/mol. The van der Waals surface area contributed by atoms with Gasteiger partial charge in [0.05, 0.1) is 26.4 Å². The van der Waals surface area contributed by atoms with E-state index in [2.05, 4.69) is 13.8 Å². The highest BCUT2D eigenvalue weighted by atomic mass is 16.7. The van der Waals surface area contributed by atoms with Crippen molar-refractivity contribution in [1.29, 1.82) is 0 Å². The number of aliphatic hydroxyl groups is 7. The minimum absolute atomic E-state index is 0.0679. The second kappa shape index (κ2) is 35.4. The zero-order chi connectivity index (χ0) is 43.8. The molecule has 14 nitrogen and oxygen atoms in total. The molecule has 2 rings (SSSR count). The van der Waals surface area contributed by atoms with Crippen molar-refractivity contribution in [3.8, 4) is 0 Å². The minimum Gasteiger partial charge on any atom is -0.457 e. The zero-order valence-corrected chi connectivity index (χ0v) is 37.5. The van der Waals surface area contributed by atoms with Crippen LogP contribution in [0.5, 0.6) is 0 Å². The van der Waals surface area contributed by atoms with Gasteiger partial charge in [0.1, 0.15) is 54.9 Å². The molecule has 2 aliphatic rings. The lowest BCUT2D eigenvalue weighted by molar-refractivity contribution is -0.332. The summed E-state index contributed by atoms with van der Waals surface area (Å²) in [5.41, 5.74) is 0. The average molecular weight is 865 g/mol. The molecule has 11 atom stereocenters. The van der Waals surface area contributed by atoms with Crippen molar-refractivity contribution < 1.29 is 69.0 Å². The quantitative estimate of drug-likeness (QED) is 0.0275. The lowest BCUT2D eigenvalue weighted by atomic mass is 9.98. The van der Waals surface area contributed by atoms with Crippen molar-refractivity contribution in [2.45, 2.75) is 255 Å². The summed E-state index contributed by atoms with van der Waals surface area (Å²) in [4.78, 5) is 12.7. The topological polar surface area (TPSA) is 214 Å². The first-order valence-electron chi connectivity index (χ1n) is 24.1. The molecule has 14 heteroatoms. The van der Waals surface area contributed by atoms with Gasteiger partial charge in [-0.3, -0.25) is 4.79 Å². The van der Waals surface area contributed by atoms with Crippen LogP contribution in [-0.2, 0) is 33.2 Å². The Labute approximate surface area is 362 Å². The molecule has 356 valence electrons. The highest BCUT2D eigenvalue weighted by Crippen LogP contribution is 2.26. The van der Waals surface area contributed by atoms with Crippen molar-refractivity contribution in [1.82, 2.24) is 0 Å². The molecule has 2 heterocycles. The lowest BCUT2D eigenvalue weighted by Crippen LogP contribution is -2.61. The fourth-order valence-electron chi connectivity index (χ4n) is 7.87. The normalized spacial score (nSPS) is 27.6. The third-order valence-electron chi connectivity index (χ3n) is 11.9. The molecule has 0 bridgehead atoms. The molecule has 2 aliphatic heterocycles. The maximum absolute atomic E-state index is 12.7. The number of carbonyl (C=O) groups excluding carboxylic acids is 1. The Kier molecular flexibility index (Phi) is 32.5. The van der Waals surface area contributed by atoms with Crippen LogP contribution in [0.2, 0.25) is 0 Å². The number of hydrogen-bond donors (Lipinski definition) is 7. The SMILES string of the molecule is CCCCCCCCCCCCCCCCCCCCCCCOCC(COC1OC(COC2OC(CO)C(O)C(O)C2O)C(O)C(O)C1O)OC(=O)CCCCCCC. The Morgan fingerprint density at radius 2 is 0.883 bits per heavy atom. The molecule has 11 unspecified atom stereocenters. The highest BCUT2D eigenvalue weighted by molar-refractivity contribution is 5.69. The second-order valence-electron chi connectivity index (χ2n) is 17.3. The van der Waals surface area contributed by atoms with E-state index in [1.807, 2.05) is 0 Å². The Bertz CT molecular complexity index is 1010. The van der Waals surface area contributed by atoms with Crippen LogP contribution in [0.1, 0.15) is 187 Å². The van der Waals surface area contributed by atoms with E-state index in [4.69, 9.17) is 28.4 Å². The van der Waals surface area contributed by atoms with Gasteiger partial charge in [-0.2, -0.15) is 0 Å². The van der Waals surface area contributed by atoms with Crippen LogP contribution in [0.25, 0.3) is 0 Å².